The zero-order valence-corrected chi connectivity index (χ0v) is 34.7. The van der Waals surface area contributed by atoms with E-state index in [4.69, 9.17) is 14.8 Å². The average Bonchev–Trinajstić information content (AvgIpc) is 3.13. The predicted octanol–water partition coefficient (Wildman–Crippen LogP) is 11.9. The minimum absolute atomic E-state index is 0.0723. The highest BCUT2D eigenvalue weighted by molar-refractivity contribution is 7.47. The number of nitrogens with two attached hydrogens (primary N) is 1. The molecule has 0 aromatic carbocycles. The van der Waals surface area contributed by atoms with Gasteiger partial charge >= 0.3 is 7.82 Å². The van der Waals surface area contributed by atoms with Gasteiger partial charge in [0.1, 0.15) is 0 Å². The Bertz CT molecular complexity index is 912. The first kappa shape index (κ1) is 50.7. The van der Waals surface area contributed by atoms with Gasteiger partial charge in [0, 0.05) is 13.0 Å². The van der Waals surface area contributed by atoms with Crippen LogP contribution in [0.1, 0.15) is 200 Å². The number of allylic oxidation sites excluding steroid dienone is 5. The molecule has 0 aromatic heterocycles. The van der Waals surface area contributed by atoms with Gasteiger partial charge in [-0.25, -0.2) is 4.57 Å². The lowest BCUT2D eigenvalue weighted by Gasteiger charge is -2.23. The van der Waals surface area contributed by atoms with Crippen LogP contribution in [0.15, 0.2) is 36.5 Å². The second kappa shape index (κ2) is 39.4. The average molecular weight is 755 g/mol. The second-order valence-corrected chi connectivity index (χ2v) is 16.0. The molecule has 0 saturated carbocycles. The first-order chi connectivity index (χ1) is 25.4. The largest absolute Gasteiger partial charge is 0.472 e. The maximum atomic E-state index is 12.7. The lowest BCUT2D eigenvalue weighted by molar-refractivity contribution is -0.123. The molecule has 1 amide bonds. The molecule has 306 valence electrons. The van der Waals surface area contributed by atoms with Crippen molar-refractivity contribution in [1.82, 2.24) is 5.32 Å². The summed E-state index contributed by atoms with van der Waals surface area (Å²) in [6, 6.07) is -0.879. The number of amides is 1. The van der Waals surface area contributed by atoms with E-state index in [1.165, 1.54) is 128 Å². The molecule has 0 aliphatic rings. The van der Waals surface area contributed by atoms with Crippen LogP contribution in [0.4, 0.5) is 0 Å². The molecule has 0 bridgehead atoms. The topological polar surface area (TPSA) is 131 Å². The minimum atomic E-state index is -4.34. The number of carbonyl (C=O) groups is 1. The van der Waals surface area contributed by atoms with Crippen molar-refractivity contribution in [3.8, 4) is 0 Å². The number of hydrogen-bond acceptors (Lipinski definition) is 6. The summed E-state index contributed by atoms with van der Waals surface area (Å²) in [6.07, 6.45) is 46.5. The van der Waals surface area contributed by atoms with Crippen LogP contribution < -0.4 is 11.1 Å². The summed E-state index contributed by atoms with van der Waals surface area (Å²) in [7, 11) is -4.34. The monoisotopic (exact) mass is 755 g/mol. The maximum Gasteiger partial charge on any atom is 0.472 e. The third-order valence-electron chi connectivity index (χ3n) is 9.46. The van der Waals surface area contributed by atoms with Gasteiger partial charge in [0.25, 0.3) is 0 Å². The maximum absolute atomic E-state index is 12.7. The van der Waals surface area contributed by atoms with Gasteiger partial charge < -0.3 is 21.1 Å². The van der Waals surface area contributed by atoms with E-state index < -0.39 is 20.0 Å². The highest BCUT2D eigenvalue weighted by Crippen LogP contribution is 2.43. The summed E-state index contributed by atoms with van der Waals surface area (Å²) in [5.41, 5.74) is 5.36. The molecule has 8 nitrogen and oxygen atoms in total. The number of aliphatic hydroxyl groups excluding tert-OH is 1. The Morgan fingerprint density at radius 2 is 1.04 bits per heavy atom. The zero-order valence-electron chi connectivity index (χ0n) is 33.8. The van der Waals surface area contributed by atoms with E-state index in [-0.39, 0.29) is 25.7 Å². The van der Waals surface area contributed by atoms with E-state index in [2.05, 4.69) is 43.5 Å². The summed E-state index contributed by atoms with van der Waals surface area (Å²) in [6.45, 7) is 3.99. The van der Waals surface area contributed by atoms with Crippen LogP contribution in [0.5, 0.6) is 0 Å². The summed E-state index contributed by atoms with van der Waals surface area (Å²) in [5.74, 6) is -0.208. The highest BCUT2D eigenvalue weighted by Gasteiger charge is 2.26. The molecule has 0 aliphatic heterocycles. The van der Waals surface area contributed by atoms with E-state index in [0.29, 0.717) is 6.42 Å². The standard InChI is InChI=1S/C43H83N2O6P/c1-3-5-7-9-11-13-15-16-17-18-19-20-21-22-23-24-25-26-27-29-31-33-35-37-43(47)45-41(40-51-52(48,49)50-39-38-44)42(46)36-34-32-30-28-14-12-10-8-6-4-2/h6,8,14,28,34,36,41-42,46H,3-5,7,9-13,15-27,29-33,35,37-40,44H2,1-2H3,(H,45,47)(H,48,49)/b8-6+,28-14+,36-34+. The van der Waals surface area contributed by atoms with Gasteiger partial charge in [-0.2, -0.15) is 0 Å². The Hall–Kier alpha value is -1.28. The molecule has 3 atom stereocenters. The number of phosphoric ester groups is 1. The van der Waals surface area contributed by atoms with Crippen molar-refractivity contribution >= 4 is 13.7 Å². The van der Waals surface area contributed by atoms with Crippen LogP contribution >= 0.6 is 7.82 Å². The van der Waals surface area contributed by atoms with Gasteiger partial charge in [-0.05, 0) is 38.5 Å². The zero-order chi connectivity index (χ0) is 38.2. The molecule has 0 saturated heterocycles. The minimum Gasteiger partial charge on any atom is -0.387 e. The molecule has 0 heterocycles. The van der Waals surface area contributed by atoms with Gasteiger partial charge in [-0.1, -0.05) is 192 Å². The van der Waals surface area contributed by atoms with Crippen molar-refractivity contribution < 1.29 is 28.4 Å². The fourth-order valence-electron chi connectivity index (χ4n) is 6.23. The van der Waals surface area contributed by atoms with E-state index in [0.717, 1.165) is 51.4 Å². The normalized spacial score (nSPS) is 14.5. The lowest BCUT2D eigenvalue weighted by Crippen LogP contribution is -2.45. The van der Waals surface area contributed by atoms with Gasteiger partial charge in [-0.3, -0.25) is 13.8 Å². The van der Waals surface area contributed by atoms with E-state index in [1.807, 2.05) is 6.08 Å². The van der Waals surface area contributed by atoms with Crippen LogP contribution in [0.3, 0.4) is 0 Å². The second-order valence-electron chi connectivity index (χ2n) is 14.5. The van der Waals surface area contributed by atoms with E-state index in [1.54, 1.807) is 6.08 Å². The van der Waals surface area contributed by atoms with Gasteiger partial charge in [0.2, 0.25) is 5.91 Å². The number of nitrogens with one attached hydrogen (secondary N) is 1. The number of hydrogen-bond donors (Lipinski definition) is 4. The lowest BCUT2D eigenvalue weighted by atomic mass is 10.0. The van der Waals surface area contributed by atoms with Crippen molar-refractivity contribution in [2.75, 3.05) is 19.8 Å². The Balaban J connectivity index is 4.04. The highest BCUT2D eigenvalue weighted by atomic mass is 31.2. The van der Waals surface area contributed by atoms with E-state index in [9.17, 15) is 19.4 Å². The Morgan fingerprint density at radius 3 is 1.46 bits per heavy atom. The molecule has 3 unspecified atom stereocenters. The number of rotatable bonds is 40. The third-order valence-corrected chi connectivity index (χ3v) is 10.4. The number of carbonyl (C=O) groups excluding carboxylic acids is 1. The fraction of sp³-hybridized carbons (Fsp3) is 0.837. The molecular formula is C43H83N2O6P. The van der Waals surface area contributed by atoms with Gasteiger partial charge in [0.05, 0.1) is 25.4 Å². The van der Waals surface area contributed by atoms with Crippen LogP contribution in [-0.2, 0) is 18.4 Å². The first-order valence-electron chi connectivity index (χ1n) is 21.6. The number of unbranched alkanes of at least 4 members (excludes halogenated alkanes) is 24. The van der Waals surface area contributed by atoms with Crippen LogP contribution in [-0.4, -0.2) is 47.8 Å². The summed E-state index contributed by atoms with van der Waals surface area (Å²) >= 11 is 0. The summed E-state index contributed by atoms with van der Waals surface area (Å²) in [4.78, 5) is 22.6. The molecule has 0 aromatic rings. The molecule has 5 N–H and O–H groups in total. The van der Waals surface area contributed by atoms with Gasteiger partial charge in [0.15, 0.2) is 0 Å². The SMILES string of the molecule is CC/C=C/CC/C=C/CC/C=C/C(O)C(COP(=O)(O)OCCN)NC(=O)CCCCCCCCCCCCCCCCCCCCCCCCC. The first-order valence-corrected chi connectivity index (χ1v) is 23.1. The van der Waals surface area contributed by atoms with Gasteiger partial charge in [-0.15, -0.1) is 0 Å². The van der Waals surface area contributed by atoms with Crippen molar-refractivity contribution in [2.24, 2.45) is 5.73 Å². The summed E-state index contributed by atoms with van der Waals surface area (Å²) < 4.78 is 22.0. The summed E-state index contributed by atoms with van der Waals surface area (Å²) in [5, 5.41) is 13.6. The van der Waals surface area contributed by atoms with Crippen LogP contribution in [0.2, 0.25) is 0 Å². The third kappa shape index (κ3) is 37.1. The molecular weight excluding hydrogens is 671 g/mol. The van der Waals surface area contributed by atoms with Crippen LogP contribution in [0.25, 0.3) is 0 Å². The van der Waals surface area contributed by atoms with Crippen LogP contribution in [0, 0.1) is 0 Å². The molecule has 0 radical (unpaired) electrons. The number of aliphatic hydroxyl groups is 1. The molecule has 9 heteroatoms. The Morgan fingerprint density at radius 1 is 0.635 bits per heavy atom. The fourth-order valence-corrected chi connectivity index (χ4v) is 6.99. The predicted molar refractivity (Wildman–Crippen MR) is 221 cm³/mol. The van der Waals surface area contributed by atoms with Crippen molar-refractivity contribution in [3.05, 3.63) is 36.5 Å². The molecule has 52 heavy (non-hydrogen) atoms. The molecule has 0 aliphatic carbocycles. The van der Waals surface area contributed by atoms with Crippen molar-refractivity contribution in [1.29, 1.82) is 0 Å². The molecule has 0 spiro atoms. The van der Waals surface area contributed by atoms with Crippen molar-refractivity contribution in [3.63, 3.8) is 0 Å². The smallest absolute Gasteiger partial charge is 0.387 e. The van der Waals surface area contributed by atoms with Crippen molar-refractivity contribution in [2.45, 2.75) is 212 Å². The molecule has 0 fully saturated rings. The Kier molecular flexibility index (Phi) is 38.4. The number of phosphoric acid groups is 1. The molecule has 0 rings (SSSR count). The quantitative estimate of drug-likeness (QED) is 0.0278. The van der Waals surface area contributed by atoms with E-state index >= 15 is 0 Å². The Labute approximate surface area is 320 Å².